The lowest BCUT2D eigenvalue weighted by Gasteiger charge is -2.24. The predicted molar refractivity (Wildman–Crippen MR) is 144 cm³/mol. The Morgan fingerprint density at radius 2 is 1.94 bits per heavy atom. The average molecular weight is 469 g/mol. The lowest BCUT2D eigenvalue weighted by molar-refractivity contribution is 0.313. The molecule has 2 aromatic rings. The normalized spacial score (nSPS) is 15.4. The van der Waals surface area contributed by atoms with Gasteiger partial charge in [0.1, 0.15) is 0 Å². The highest BCUT2D eigenvalue weighted by atomic mass is 32.2. The molecule has 1 heterocycles. The highest BCUT2D eigenvalue weighted by Crippen LogP contribution is 2.44. The van der Waals surface area contributed by atoms with Crippen LogP contribution < -0.4 is 0 Å². The zero-order chi connectivity index (χ0) is 23.7. The van der Waals surface area contributed by atoms with Gasteiger partial charge in [-0.15, -0.1) is 16.9 Å². The van der Waals surface area contributed by atoms with E-state index in [1.165, 1.54) is 32.6 Å². The zero-order valence-corrected chi connectivity index (χ0v) is 22.0. The largest absolute Gasteiger partial charge is 0.411 e. The molecule has 0 aliphatic heterocycles. The van der Waals surface area contributed by atoms with Gasteiger partial charge < -0.3 is 9.77 Å². The van der Waals surface area contributed by atoms with Gasteiger partial charge in [-0.25, -0.2) is 0 Å². The molecule has 1 N–H and O–H groups in total. The van der Waals surface area contributed by atoms with Crippen molar-refractivity contribution in [3.05, 3.63) is 53.3 Å². The number of oxime groups is 1. The molecule has 3 rings (SSSR count). The zero-order valence-electron chi connectivity index (χ0n) is 20.4. The van der Waals surface area contributed by atoms with Crippen LogP contribution in [0.2, 0.25) is 0 Å². The van der Waals surface area contributed by atoms with Crippen molar-refractivity contribution in [2.75, 3.05) is 0 Å². The minimum Gasteiger partial charge on any atom is -0.411 e. The summed E-state index contributed by atoms with van der Waals surface area (Å²) in [6.45, 7) is 16.3. The second-order valence-corrected chi connectivity index (χ2v) is 13.0. The quantitative estimate of drug-likeness (QED) is 0.147. The summed E-state index contributed by atoms with van der Waals surface area (Å²) in [5.74, 6) is 0.468. The van der Waals surface area contributed by atoms with Crippen LogP contribution in [0.15, 0.2) is 52.1 Å². The lowest BCUT2D eigenvalue weighted by Crippen LogP contribution is -2.21. The van der Waals surface area contributed by atoms with E-state index in [2.05, 4.69) is 94.6 Å². The molecule has 0 atom stereocenters. The fourth-order valence-corrected chi connectivity index (χ4v) is 5.47. The van der Waals surface area contributed by atoms with E-state index >= 15 is 0 Å². The van der Waals surface area contributed by atoms with Gasteiger partial charge in [0.05, 0.1) is 0 Å². The van der Waals surface area contributed by atoms with E-state index < -0.39 is 0 Å². The molecule has 172 valence electrons. The molecule has 0 spiro atoms. The predicted octanol–water partition coefficient (Wildman–Crippen LogP) is 7.94. The number of fused-ring (bicyclic) bond motifs is 1. The van der Waals surface area contributed by atoms with Gasteiger partial charge in [-0.3, -0.25) is 0 Å². The van der Waals surface area contributed by atoms with E-state index in [9.17, 15) is 5.21 Å². The van der Waals surface area contributed by atoms with Crippen molar-refractivity contribution in [3.8, 4) is 0 Å². The third-order valence-electron chi connectivity index (χ3n) is 5.67. The molecule has 1 aromatic carbocycles. The first-order valence-electron chi connectivity index (χ1n) is 11.3. The number of aromatic nitrogens is 1. The summed E-state index contributed by atoms with van der Waals surface area (Å²) in [7, 11) is 0. The standard InChI is InChI=1S/C27H36N2OS2/c1-18(2)19-12-13-22-21(14-19)25(32-26(3,4)5)23(15-27(6,7)17-28-30)29(22)16-20-10-8-9-11-24(20)31/h8-10,12-14,17-18,30H,11,15-16H2,1-7H3. The Kier molecular flexibility index (Phi) is 7.41. The van der Waals surface area contributed by atoms with Gasteiger partial charge in [-0.1, -0.05) is 85.0 Å². The molecule has 0 saturated carbocycles. The third kappa shape index (κ3) is 5.74. The molecular formula is C27H36N2OS2. The SMILES string of the molecule is CC(C)c1ccc2c(c1)c(SC(C)(C)C)c(CC(C)(C)C=NO)n2CC1=CC=CCC1=S. The van der Waals surface area contributed by atoms with E-state index in [0.29, 0.717) is 5.92 Å². The van der Waals surface area contributed by atoms with Crippen LogP contribution in [0.4, 0.5) is 0 Å². The number of nitrogens with zero attached hydrogens (tertiary/aromatic N) is 2. The highest BCUT2D eigenvalue weighted by molar-refractivity contribution is 8.00. The van der Waals surface area contributed by atoms with Gasteiger partial charge in [-0.05, 0) is 35.6 Å². The number of hydrogen-bond donors (Lipinski definition) is 1. The summed E-state index contributed by atoms with van der Waals surface area (Å²) in [4.78, 5) is 2.34. The molecule has 0 bridgehead atoms. The molecule has 0 amide bonds. The maximum atomic E-state index is 9.26. The van der Waals surface area contributed by atoms with Crippen LogP contribution in [0.5, 0.6) is 0 Å². The summed E-state index contributed by atoms with van der Waals surface area (Å²) in [6.07, 6.45) is 9.64. The Labute approximate surface area is 202 Å². The van der Waals surface area contributed by atoms with Crippen LogP contribution in [-0.2, 0) is 13.0 Å². The molecule has 32 heavy (non-hydrogen) atoms. The molecular weight excluding hydrogens is 432 g/mol. The van der Waals surface area contributed by atoms with Crippen LogP contribution in [0.3, 0.4) is 0 Å². The van der Waals surface area contributed by atoms with Gasteiger partial charge in [0.2, 0.25) is 0 Å². The Balaban J connectivity index is 2.29. The maximum Gasteiger partial charge on any atom is 0.0497 e. The molecule has 1 aliphatic rings. The van der Waals surface area contributed by atoms with E-state index in [1.807, 2.05) is 11.8 Å². The minimum absolute atomic E-state index is 0.0685. The van der Waals surface area contributed by atoms with Crippen LogP contribution in [-0.4, -0.2) is 25.6 Å². The molecule has 0 radical (unpaired) electrons. The summed E-state index contributed by atoms with van der Waals surface area (Å²) in [5, 5.41) is 13.9. The van der Waals surface area contributed by atoms with Gasteiger partial charge in [0, 0.05) is 55.7 Å². The molecule has 3 nitrogen and oxygen atoms in total. The fraction of sp³-hybridized carbons (Fsp3) is 0.481. The van der Waals surface area contributed by atoms with Crippen molar-refractivity contribution in [1.29, 1.82) is 0 Å². The number of hydrogen-bond acceptors (Lipinski definition) is 4. The number of benzene rings is 1. The Bertz CT molecular complexity index is 1100. The number of rotatable bonds is 7. The molecule has 0 fully saturated rings. The number of thioether (sulfide) groups is 1. The lowest BCUT2D eigenvalue weighted by atomic mass is 9.89. The van der Waals surface area contributed by atoms with Gasteiger partial charge >= 0.3 is 0 Å². The second kappa shape index (κ2) is 9.56. The Morgan fingerprint density at radius 1 is 1.22 bits per heavy atom. The molecule has 1 aliphatic carbocycles. The van der Waals surface area contributed by atoms with E-state index in [0.717, 1.165) is 24.3 Å². The van der Waals surface area contributed by atoms with Crippen LogP contribution in [0.1, 0.15) is 72.1 Å². The smallest absolute Gasteiger partial charge is 0.0497 e. The van der Waals surface area contributed by atoms with Crippen LogP contribution in [0, 0.1) is 5.41 Å². The van der Waals surface area contributed by atoms with E-state index in [-0.39, 0.29) is 10.2 Å². The average Bonchev–Trinajstić information content (AvgIpc) is 2.94. The maximum absolute atomic E-state index is 9.26. The summed E-state index contributed by atoms with van der Waals surface area (Å²) in [6, 6.07) is 6.90. The minimum atomic E-state index is -0.281. The first-order chi connectivity index (χ1) is 14.9. The Morgan fingerprint density at radius 3 is 2.53 bits per heavy atom. The third-order valence-corrected chi connectivity index (χ3v) is 7.37. The van der Waals surface area contributed by atoms with Crippen molar-refractivity contribution in [1.82, 2.24) is 4.57 Å². The van der Waals surface area contributed by atoms with Crippen molar-refractivity contribution in [3.63, 3.8) is 0 Å². The highest BCUT2D eigenvalue weighted by Gasteiger charge is 2.28. The molecule has 0 saturated heterocycles. The summed E-state index contributed by atoms with van der Waals surface area (Å²) in [5.41, 5.74) is 4.80. The summed E-state index contributed by atoms with van der Waals surface area (Å²) < 4.78 is 2.51. The molecule has 0 unspecified atom stereocenters. The van der Waals surface area contributed by atoms with Crippen molar-refractivity contribution >= 4 is 46.0 Å². The van der Waals surface area contributed by atoms with Gasteiger partial charge in [0.15, 0.2) is 0 Å². The number of allylic oxidation sites excluding steroid dienone is 4. The van der Waals surface area contributed by atoms with Crippen LogP contribution >= 0.6 is 24.0 Å². The molecule has 1 aromatic heterocycles. The van der Waals surface area contributed by atoms with E-state index in [1.54, 1.807) is 6.21 Å². The van der Waals surface area contributed by atoms with Gasteiger partial charge in [0.25, 0.3) is 0 Å². The Hall–Kier alpha value is -1.85. The van der Waals surface area contributed by atoms with E-state index in [4.69, 9.17) is 12.2 Å². The molecule has 5 heteroatoms. The topological polar surface area (TPSA) is 37.5 Å². The fourth-order valence-electron chi connectivity index (χ4n) is 4.06. The van der Waals surface area contributed by atoms with Gasteiger partial charge in [-0.2, -0.15) is 0 Å². The van der Waals surface area contributed by atoms with Crippen molar-refractivity contribution in [2.24, 2.45) is 10.6 Å². The first kappa shape index (κ1) is 24.8. The number of thiocarbonyl (C=S) groups is 1. The van der Waals surface area contributed by atoms with Crippen molar-refractivity contribution < 1.29 is 5.21 Å². The van der Waals surface area contributed by atoms with Crippen molar-refractivity contribution in [2.45, 2.75) is 83.4 Å². The second-order valence-electron chi connectivity index (χ2n) is 10.7. The summed E-state index contributed by atoms with van der Waals surface area (Å²) >= 11 is 7.63. The monoisotopic (exact) mass is 468 g/mol. The van der Waals surface area contributed by atoms with Crippen LogP contribution in [0.25, 0.3) is 10.9 Å². The first-order valence-corrected chi connectivity index (χ1v) is 12.6.